The predicted octanol–water partition coefficient (Wildman–Crippen LogP) is 3.15. The highest BCUT2D eigenvalue weighted by molar-refractivity contribution is 7.16. The number of hydrogen-bond donors (Lipinski definition) is 2. The van der Waals surface area contributed by atoms with Crippen LogP contribution in [0.5, 0.6) is 0 Å². The standard InChI is InChI=1S/C14H14N4S/c15-13-12(8-3-1-2-4-11(8)19-13)14-17-9-5-6-16-7-10(9)18-14/h5-7H,1-4,15H2,(H,17,18). The van der Waals surface area contributed by atoms with E-state index in [1.165, 1.54) is 23.3 Å². The third-order valence-corrected chi connectivity index (χ3v) is 4.84. The lowest BCUT2D eigenvalue weighted by Gasteiger charge is -2.11. The van der Waals surface area contributed by atoms with Gasteiger partial charge < -0.3 is 10.7 Å². The molecule has 3 heterocycles. The van der Waals surface area contributed by atoms with Crippen molar-refractivity contribution in [1.82, 2.24) is 15.0 Å². The maximum Gasteiger partial charge on any atom is 0.141 e. The maximum absolute atomic E-state index is 6.22. The summed E-state index contributed by atoms with van der Waals surface area (Å²) in [5.41, 5.74) is 10.7. The van der Waals surface area contributed by atoms with Crippen LogP contribution >= 0.6 is 11.3 Å². The summed E-state index contributed by atoms with van der Waals surface area (Å²) >= 11 is 1.72. The molecular formula is C14H14N4S. The molecule has 4 nitrogen and oxygen atoms in total. The largest absolute Gasteiger partial charge is 0.390 e. The summed E-state index contributed by atoms with van der Waals surface area (Å²) in [7, 11) is 0. The van der Waals surface area contributed by atoms with Gasteiger partial charge in [0, 0.05) is 11.1 Å². The molecule has 0 bridgehead atoms. The molecule has 3 aromatic heterocycles. The molecule has 1 aliphatic rings. The van der Waals surface area contributed by atoms with Crippen LogP contribution in [0.3, 0.4) is 0 Å². The fourth-order valence-corrected chi connectivity index (χ4v) is 3.98. The molecule has 0 radical (unpaired) electrons. The van der Waals surface area contributed by atoms with Crippen LogP contribution < -0.4 is 5.73 Å². The quantitative estimate of drug-likeness (QED) is 0.713. The van der Waals surface area contributed by atoms with Crippen LogP contribution in [0.4, 0.5) is 5.00 Å². The molecule has 19 heavy (non-hydrogen) atoms. The van der Waals surface area contributed by atoms with Gasteiger partial charge in [-0.05, 0) is 37.3 Å². The lowest BCUT2D eigenvalue weighted by atomic mass is 9.95. The van der Waals surface area contributed by atoms with Crippen molar-refractivity contribution in [2.24, 2.45) is 0 Å². The highest BCUT2D eigenvalue weighted by Crippen LogP contribution is 2.41. The Morgan fingerprint density at radius 2 is 2.16 bits per heavy atom. The first kappa shape index (κ1) is 11.0. The second-order valence-electron chi connectivity index (χ2n) is 4.93. The average Bonchev–Trinajstić information content (AvgIpc) is 2.97. The van der Waals surface area contributed by atoms with E-state index in [9.17, 15) is 0 Å². The summed E-state index contributed by atoms with van der Waals surface area (Å²) in [5.74, 6) is 0.889. The van der Waals surface area contributed by atoms with Gasteiger partial charge in [-0.1, -0.05) is 0 Å². The summed E-state index contributed by atoms with van der Waals surface area (Å²) in [6, 6.07) is 1.92. The Balaban J connectivity index is 1.94. The topological polar surface area (TPSA) is 67.6 Å². The van der Waals surface area contributed by atoms with Gasteiger partial charge in [0.05, 0.1) is 27.8 Å². The zero-order valence-corrected chi connectivity index (χ0v) is 11.3. The first-order valence-electron chi connectivity index (χ1n) is 6.53. The third-order valence-electron chi connectivity index (χ3n) is 3.72. The number of nitrogens with zero attached hydrogens (tertiary/aromatic N) is 2. The summed E-state index contributed by atoms with van der Waals surface area (Å²) in [6.07, 6.45) is 8.37. The van der Waals surface area contributed by atoms with Crippen molar-refractivity contribution in [1.29, 1.82) is 0 Å². The molecule has 4 rings (SSSR count). The number of imidazole rings is 1. The van der Waals surface area contributed by atoms with Gasteiger partial charge in [-0.25, -0.2) is 4.98 Å². The smallest absolute Gasteiger partial charge is 0.141 e. The van der Waals surface area contributed by atoms with Crippen LogP contribution in [0.25, 0.3) is 22.4 Å². The molecular weight excluding hydrogens is 256 g/mol. The molecule has 3 N–H and O–H groups in total. The minimum absolute atomic E-state index is 0.888. The van der Waals surface area contributed by atoms with Crippen molar-refractivity contribution in [3.05, 3.63) is 28.9 Å². The van der Waals surface area contributed by atoms with Gasteiger partial charge in [-0.2, -0.15) is 0 Å². The number of rotatable bonds is 1. The number of fused-ring (bicyclic) bond motifs is 2. The van der Waals surface area contributed by atoms with E-state index >= 15 is 0 Å². The molecule has 0 unspecified atom stereocenters. The van der Waals surface area contributed by atoms with Crippen molar-refractivity contribution in [2.45, 2.75) is 25.7 Å². The fourth-order valence-electron chi connectivity index (χ4n) is 2.82. The van der Waals surface area contributed by atoms with Crippen LogP contribution in [0.15, 0.2) is 18.5 Å². The Bertz CT molecular complexity index is 723. The van der Waals surface area contributed by atoms with Gasteiger partial charge in [0.2, 0.25) is 0 Å². The molecule has 1 aliphatic carbocycles. The number of aromatic nitrogens is 3. The van der Waals surface area contributed by atoms with E-state index in [1.54, 1.807) is 23.7 Å². The Morgan fingerprint density at radius 1 is 1.26 bits per heavy atom. The zero-order chi connectivity index (χ0) is 12.8. The molecule has 0 aliphatic heterocycles. The van der Waals surface area contributed by atoms with Crippen LogP contribution in [0.2, 0.25) is 0 Å². The highest BCUT2D eigenvalue weighted by atomic mass is 32.1. The number of pyridine rings is 1. The highest BCUT2D eigenvalue weighted by Gasteiger charge is 2.22. The lowest BCUT2D eigenvalue weighted by Crippen LogP contribution is -2.00. The molecule has 96 valence electrons. The molecule has 3 aromatic rings. The van der Waals surface area contributed by atoms with Crippen LogP contribution in [0.1, 0.15) is 23.3 Å². The molecule has 0 fully saturated rings. The van der Waals surface area contributed by atoms with Gasteiger partial charge >= 0.3 is 0 Å². The van der Waals surface area contributed by atoms with Crippen molar-refractivity contribution >= 4 is 27.4 Å². The Labute approximate surface area is 114 Å². The molecule has 0 saturated carbocycles. The molecule has 0 saturated heterocycles. The van der Waals surface area contributed by atoms with Gasteiger partial charge in [-0.15, -0.1) is 11.3 Å². The molecule has 0 atom stereocenters. The van der Waals surface area contributed by atoms with E-state index in [0.717, 1.165) is 40.3 Å². The van der Waals surface area contributed by atoms with E-state index in [1.807, 2.05) is 6.07 Å². The summed E-state index contributed by atoms with van der Waals surface area (Å²) in [5, 5.41) is 0.888. The van der Waals surface area contributed by atoms with E-state index in [4.69, 9.17) is 5.73 Å². The second-order valence-corrected chi connectivity index (χ2v) is 6.07. The van der Waals surface area contributed by atoms with E-state index < -0.39 is 0 Å². The Morgan fingerprint density at radius 3 is 3.05 bits per heavy atom. The van der Waals surface area contributed by atoms with E-state index in [0.29, 0.717) is 0 Å². The molecule has 0 spiro atoms. The van der Waals surface area contributed by atoms with Gasteiger partial charge in [0.15, 0.2) is 0 Å². The number of thiophene rings is 1. The third kappa shape index (κ3) is 1.65. The summed E-state index contributed by atoms with van der Waals surface area (Å²) in [6.45, 7) is 0. The van der Waals surface area contributed by atoms with Crippen LogP contribution in [0, 0.1) is 0 Å². The number of nitrogen functional groups attached to an aromatic ring is 1. The zero-order valence-electron chi connectivity index (χ0n) is 10.4. The number of nitrogens with two attached hydrogens (primary N) is 1. The van der Waals surface area contributed by atoms with E-state index in [-0.39, 0.29) is 0 Å². The van der Waals surface area contributed by atoms with Gasteiger partial charge in [-0.3, -0.25) is 4.98 Å². The van der Waals surface area contributed by atoms with Gasteiger partial charge in [0.25, 0.3) is 0 Å². The normalized spacial score (nSPS) is 14.7. The summed E-state index contributed by atoms with van der Waals surface area (Å²) in [4.78, 5) is 13.6. The van der Waals surface area contributed by atoms with Crippen molar-refractivity contribution in [2.75, 3.05) is 5.73 Å². The fraction of sp³-hybridized carbons (Fsp3) is 0.286. The predicted molar refractivity (Wildman–Crippen MR) is 78.3 cm³/mol. The molecule has 0 aromatic carbocycles. The number of anilines is 1. The molecule has 5 heteroatoms. The SMILES string of the molecule is Nc1sc2c(c1-c1nc3ccncc3[nH]1)CCCC2. The number of aryl methyl sites for hydroxylation is 1. The van der Waals surface area contributed by atoms with Crippen molar-refractivity contribution < 1.29 is 0 Å². The molecule has 0 amide bonds. The monoisotopic (exact) mass is 270 g/mol. The average molecular weight is 270 g/mol. The lowest BCUT2D eigenvalue weighted by molar-refractivity contribution is 0.698. The van der Waals surface area contributed by atoms with Crippen LogP contribution in [-0.4, -0.2) is 15.0 Å². The van der Waals surface area contributed by atoms with Crippen LogP contribution in [-0.2, 0) is 12.8 Å². The first-order valence-corrected chi connectivity index (χ1v) is 7.34. The van der Waals surface area contributed by atoms with Crippen molar-refractivity contribution in [3.8, 4) is 11.4 Å². The Kier molecular flexibility index (Phi) is 2.35. The minimum Gasteiger partial charge on any atom is -0.390 e. The first-order chi connectivity index (χ1) is 9.33. The summed E-state index contributed by atoms with van der Waals surface area (Å²) < 4.78 is 0. The number of aromatic amines is 1. The van der Waals surface area contributed by atoms with Crippen molar-refractivity contribution in [3.63, 3.8) is 0 Å². The minimum atomic E-state index is 0.888. The van der Waals surface area contributed by atoms with E-state index in [2.05, 4.69) is 15.0 Å². The number of hydrogen-bond acceptors (Lipinski definition) is 4. The number of H-pyrrole nitrogens is 1. The Hall–Kier alpha value is -1.88. The maximum atomic E-state index is 6.22. The second kappa shape index (κ2) is 4.06. The van der Waals surface area contributed by atoms with Gasteiger partial charge in [0.1, 0.15) is 5.82 Å². The number of nitrogens with one attached hydrogen (secondary N) is 1.